The summed E-state index contributed by atoms with van der Waals surface area (Å²) in [6, 6.07) is 9.24. The molecule has 0 aliphatic heterocycles. The fourth-order valence-electron chi connectivity index (χ4n) is 1.80. The molecule has 0 aliphatic rings. The fourth-order valence-corrected chi connectivity index (χ4v) is 3.24. The highest BCUT2D eigenvalue weighted by Gasteiger charge is 2.30. The molecule has 0 saturated heterocycles. The maximum atomic E-state index is 12.7. The lowest BCUT2D eigenvalue weighted by Crippen LogP contribution is -2.18. The zero-order valence-electron chi connectivity index (χ0n) is 10.7. The van der Waals surface area contributed by atoms with Crippen molar-refractivity contribution >= 4 is 27.3 Å². The molecule has 1 unspecified atom stereocenters. The molecule has 0 spiro atoms. The summed E-state index contributed by atoms with van der Waals surface area (Å²) in [6.45, 7) is 2.49. The van der Waals surface area contributed by atoms with Crippen LogP contribution < -0.4 is 5.32 Å². The van der Waals surface area contributed by atoms with Crippen molar-refractivity contribution in [1.29, 1.82) is 0 Å². The van der Waals surface area contributed by atoms with Crippen LogP contribution >= 0.6 is 27.3 Å². The van der Waals surface area contributed by atoms with Crippen LogP contribution in [0.3, 0.4) is 0 Å². The summed E-state index contributed by atoms with van der Waals surface area (Å²) < 4.78 is 39.0. The SMILES string of the molecule is CC(NCc1ccc(Br)s1)c1cccc(C(F)(F)F)c1. The molecule has 1 N–H and O–H groups in total. The average Bonchev–Trinajstić information content (AvgIpc) is 2.81. The van der Waals surface area contributed by atoms with Crippen molar-refractivity contribution in [3.8, 4) is 0 Å². The Hall–Kier alpha value is -0.850. The predicted molar refractivity (Wildman–Crippen MR) is 78.7 cm³/mol. The van der Waals surface area contributed by atoms with Crippen LogP contribution in [0.2, 0.25) is 0 Å². The molecule has 1 aromatic carbocycles. The van der Waals surface area contributed by atoms with Gasteiger partial charge in [0.25, 0.3) is 0 Å². The lowest BCUT2D eigenvalue weighted by molar-refractivity contribution is -0.137. The van der Waals surface area contributed by atoms with Crippen molar-refractivity contribution in [3.63, 3.8) is 0 Å². The Labute approximate surface area is 128 Å². The van der Waals surface area contributed by atoms with Gasteiger partial charge in [-0.2, -0.15) is 13.2 Å². The van der Waals surface area contributed by atoms with Crippen LogP contribution in [-0.2, 0) is 12.7 Å². The summed E-state index contributed by atoms with van der Waals surface area (Å²) in [6.07, 6.45) is -4.30. The summed E-state index contributed by atoms with van der Waals surface area (Å²) in [7, 11) is 0. The smallest absolute Gasteiger partial charge is 0.305 e. The van der Waals surface area contributed by atoms with E-state index < -0.39 is 11.7 Å². The topological polar surface area (TPSA) is 12.0 Å². The van der Waals surface area contributed by atoms with E-state index >= 15 is 0 Å². The van der Waals surface area contributed by atoms with Crippen molar-refractivity contribution in [2.24, 2.45) is 0 Å². The molecule has 1 atom stereocenters. The molecule has 0 radical (unpaired) electrons. The zero-order valence-corrected chi connectivity index (χ0v) is 13.1. The first-order valence-corrected chi connectivity index (χ1v) is 7.62. The first-order chi connectivity index (χ1) is 9.36. The van der Waals surface area contributed by atoms with Crippen molar-refractivity contribution in [2.45, 2.75) is 25.7 Å². The number of halogens is 4. The molecular weight excluding hydrogens is 351 g/mol. The van der Waals surface area contributed by atoms with Crippen molar-refractivity contribution in [1.82, 2.24) is 5.32 Å². The third kappa shape index (κ3) is 4.07. The van der Waals surface area contributed by atoms with Gasteiger partial charge in [-0.3, -0.25) is 0 Å². The maximum absolute atomic E-state index is 12.7. The Morgan fingerprint density at radius 3 is 2.60 bits per heavy atom. The van der Waals surface area contributed by atoms with E-state index in [-0.39, 0.29) is 6.04 Å². The summed E-state index contributed by atoms with van der Waals surface area (Å²) in [5.41, 5.74) is 0.0259. The first-order valence-electron chi connectivity index (χ1n) is 6.01. The van der Waals surface area contributed by atoms with Crippen molar-refractivity contribution in [2.75, 3.05) is 0 Å². The molecule has 0 amide bonds. The van der Waals surface area contributed by atoms with Crippen LogP contribution in [-0.4, -0.2) is 0 Å². The molecular formula is C14H13BrF3NS. The molecule has 108 valence electrons. The van der Waals surface area contributed by atoms with E-state index in [0.29, 0.717) is 12.1 Å². The molecule has 20 heavy (non-hydrogen) atoms. The molecule has 0 bridgehead atoms. The van der Waals surface area contributed by atoms with Gasteiger partial charge in [-0.05, 0) is 52.7 Å². The summed E-state index contributed by atoms with van der Waals surface area (Å²) in [5.74, 6) is 0. The van der Waals surface area contributed by atoms with Crippen LogP contribution in [0.1, 0.15) is 29.0 Å². The summed E-state index contributed by atoms with van der Waals surface area (Å²) in [4.78, 5) is 1.13. The monoisotopic (exact) mass is 363 g/mol. The Kier molecular flexibility index (Phi) is 4.88. The van der Waals surface area contributed by atoms with Gasteiger partial charge in [0, 0.05) is 17.5 Å². The molecule has 2 aromatic rings. The van der Waals surface area contributed by atoms with E-state index in [2.05, 4.69) is 21.2 Å². The van der Waals surface area contributed by atoms with Gasteiger partial charge in [0.05, 0.1) is 9.35 Å². The average molecular weight is 364 g/mol. The predicted octanol–water partition coefficient (Wildman–Crippen LogP) is 5.38. The third-order valence-corrected chi connectivity index (χ3v) is 4.55. The Morgan fingerprint density at radius 2 is 2.00 bits per heavy atom. The molecule has 1 nitrogen and oxygen atoms in total. The van der Waals surface area contributed by atoms with Crippen molar-refractivity contribution < 1.29 is 13.2 Å². The minimum atomic E-state index is -4.30. The van der Waals surface area contributed by atoms with E-state index in [1.54, 1.807) is 17.4 Å². The lowest BCUT2D eigenvalue weighted by Gasteiger charge is -2.15. The second-order valence-electron chi connectivity index (χ2n) is 4.43. The number of hydrogen-bond donors (Lipinski definition) is 1. The molecule has 6 heteroatoms. The summed E-state index contributed by atoms with van der Waals surface area (Å²) in [5, 5.41) is 3.23. The van der Waals surface area contributed by atoms with Gasteiger partial charge in [0.1, 0.15) is 0 Å². The molecule has 2 rings (SSSR count). The van der Waals surface area contributed by atoms with E-state index in [1.807, 2.05) is 19.1 Å². The molecule has 0 saturated carbocycles. The molecule has 1 aromatic heterocycles. The Morgan fingerprint density at radius 1 is 1.25 bits per heavy atom. The van der Waals surface area contributed by atoms with E-state index in [9.17, 15) is 13.2 Å². The number of thiophene rings is 1. The number of alkyl halides is 3. The highest BCUT2D eigenvalue weighted by Crippen LogP contribution is 2.31. The van der Waals surface area contributed by atoms with Gasteiger partial charge in [-0.25, -0.2) is 0 Å². The molecule has 0 fully saturated rings. The second-order valence-corrected chi connectivity index (χ2v) is 6.98. The normalized spacial score (nSPS) is 13.4. The van der Waals surface area contributed by atoms with Gasteiger partial charge in [-0.15, -0.1) is 11.3 Å². The first kappa shape index (κ1) is 15.5. The number of benzene rings is 1. The maximum Gasteiger partial charge on any atom is 0.416 e. The lowest BCUT2D eigenvalue weighted by atomic mass is 10.0. The largest absolute Gasteiger partial charge is 0.416 e. The van der Waals surface area contributed by atoms with E-state index in [1.165, 1.54) is 12.1 Å². The van der Waals surface area contributed by atoms with Gasteiger partial charge in [0.15, 0.2) is 0 Å². The summed E-state index contributed by atoms with van der Waals surface area (Å²) >= 11 is 4.99. The molecule has 1 heterocycles. The van der Waals surface area contributed by atoms with Gasteiger partial charge >= 0.3 is 6.18 Å². The Bertz CT molecular complexity index is 580. The van der Waals surface area contributed by atoms with E-state index in [4.69, 9.17) is 0 Å². The van der Waals surface area contributed by atoms with Crippen LogP contribution in [0.25, 0.3) is 0 Å². The molecule has 0 aliphatic carbocycles. The minimum Gasteiger partial charge on any atom is -0.305 e. The number of nitrogens with one attached hydrogen (secondary N) is 1. The Balaban J connectivity index is 2.03. The van der Waals surface area contributed by atoms with Crippen LogP contribution in [0, 0.1) is 0 Å². The van der Waals surface area contributed by atoms with Gasteiger partial charge in [0.2, 0.25) is 0 Å². The zero-order chi connectivity index (χ0) is 14.8. The van der Waals surface area contributed by atoms with Gasteiger partial charge in [-0.1, -0.05) is 12.1 Å². The van der Waals surface area contributed by atoms with E-state index in [0.717, 1.165) is 14.7 Å². The number of rotatable bonds is 4. The van der Waals surface area contributed by atoms with Crippen LogP contribution in [0.15, 0.2) is 40.2 Å². The van der Waals surface area contributed by atoms with Crippen LogP contribution in [0.4, 0.5) is 13.2 Å². The standard InChI is InChI=1S/C14H13BrF3NS/c1-9(19-8-12-5-6-13(15)20-12)10-3-2-4-11(7-10)14(16,17)18/h2-7,9,19H,8H2,1H3. The highest BCUT2D eigenvalue weighted by molar-refractivity contribution is 9.11. The second kappa shape index (κ2) is 6.28. The van der Waals surface area contributed by atoms with Crippen LogP contribution in [0.5, 0.6) is 0 Å². The number of hydrogen-bond acceptors (Lipinski definition) is 2. The quantitative estimate of drug-likeness (QED) is 0.768. The van der Waals surface area contributed by atoms with Gasteiger partial charge < -0.3 is 5.32 Å². The van der Waals surface area contributed by atoms with Crippen molar-refractivity contribution in [3.05, 3.63) is 56.2 Å². The third-order valence-electron chi connectivity index (χ3n) is 2.93. The fraction of sp³-hybridized carbons (Fsp3) is 0.286. The minimum absolute atomic E-state index is 0.141. The highest BCUT2D eigenvalue weighted by atomic mass is 79.9.